The van der Waals surface area contributed by atoms with Crippen molar-refractivity contribution in [1.82, 2.24) is 0 Å². The van der Waals surface area contributed by atoms with Crippen molar-refractivity contribution in [2.24, 2.45) is 0 Å². The van der Waals surface area contributed by atoms with Gasteiger partial charge in [0, 0.05) is 0 Å². The number of hydrogen-bond acceptors (Lipinski definition) is 3. The molecular weight excluding hydrogens is 198 g/mol. The van der Waals surface area contributed by atoms with E-state index in [-0.39, 0.29) is 5.75 Å². The average molecular weight is 213 g/mol. The van der Waals surface area contributed by atoms with Crippen LogP contribution < -0.4 is 5.73 Å². The van der Waals surface area contributed by atoms with Crippen molar-refractivity contribution in [3.05, 3.63) is 23.8 Å². The molecule has 1 rings (SSSR count). The maximum absolute atomic E-state index is 11.8. The number of nitrogen functional groups attached to an aromatic ring is 1. The first kappa shape index (κ1) is 11.0. The highest BCUT2D eigenvalue weighted by Gasteiger charge is 2.18. The predicted octanol–water partition coefficient (Wildman–Crippen LogP) is 1.76. The molecule has 1 aromatic rings. The van der Waals surface area contributed by atoms with Gasteiger partial charge in [0.05, 0.1) is 16.3 Å². The zero-order valence-electron chi connectivity index (χ0n) is 8.45. The van der Waals surface area contributed by atoms with Gasteiger partial charge in [-0.25, -0.2) is 8.42 Å². The summed E-state index contributed by atoms with van der Waals surface area (Å²) in [6.45, 7) is 3.60. The molecule has 0 saturated heterocycles. The Balaban J connectivity index is 3.32. The molecule has 0 aliphatic heterocycles. The Labute approximate surface area is 84.9 Å². The smallest absolute Gasteiger partial charge is 0.180 e. The number of aryl methyl sites for hydroxylation is 1. The van der Waals surface area contributed by atoms with Crippen molar-refractivity contribution in [3.8, 4) is 0 Å². The molecule has 0 heterocycles. The minimum atomic E-state index is -3.20. The molecule has 0 amide bonds. The molecule has 0 bridgehead atoms. The van der Waals surface area contributed by atoms with Crippen molar-refractivity contribution in [3.63, 3.8) is 0 Å². The summed E-state index contributed by atoms with van der Waals surface area (Å²) >= 11 is 0. The predicted molar refractivity (Wildman–Crippen MR) is 57.9 cm³/mol. The highest BCUT2D eigenvalue weighted by Crippen LogP contribution is 2.23. The lowest BCUT2D eigenvalue weighted by Crippen LogP contribution is -2.10. The van der Waals surface area contributed by atoms with E-state index in [1.807, 2.05) is 6.92 Å². The van der Waals surface area contributed by atoms with Gasteiger partial charge in [-0.2, -0.15) is 0 Å². The van der Waals surface area contributed by atoms with Gasteiger partial charge >= 0.3 is 0 Å². The molecule has 0 spiro atoms. The summed E-state index contributed by atoms with van der Waals surface area (Å²) in [5.41, 5.74) is 6.73. The number of rotatable bonds is 3. The first-order valence-electron chi connectivity index (χ1n) is 4.57. The fraction of sp³-hybridized carbons (Fsp3) is 0.400. The van der Waals surface area contributed by atoms with Gasteiger partial charge in [0.1, 0.15) is 0 Å². The average Bonchev–Trinajstić information content (AvgIpc) is 2.02. The Morgan fingerprint density at radius 2 is 2.00 bits per heavy atom. The third-order valence-corrected chi connectivity index (χ3v) is 4.15. The van der Waals surface area contributed by atoms with Crippen molar-refractivity contribution in [2.45, 2.75) is 25.2 Å². The van der Waals surface area contributed by atoms with Gasteiger partial charge in [-0.1, -0.05) is 19.1 Å². The molecule has 78 valence electrons. The molecule has 0 saturated carbocycles. The van der Waals surface area contributed by atoms with Crippen LogP contribution in [0.4, 0.5) is 5.69 Å². The third-order valence-electron chi connectivity index (χ3n) is 2.03. The molecule has 2 N–H and O–H groups in total. The van der Waals surface area contributed by atoms with E-state index in [1.54, 1.807) is 25.1 Å². The van der Waals surface area contributed by atoms with Gasteiger partial charge < -0.3 is 5.73 Å². The van der Waals surface area contributed by atoms with E-state index in [1.165, 1.54) is 0 Å². The van der Waals surface area contributed by atoms with E-state index in [4.69, 9.17) is 5.73 Å². The van der Waals surface area contributed by atoms with Gasteiger partial charge in [0.25, 0.3) is 0 Å². The number of hydrogen-bond donors (Lipinski definition) is 1. The van der Waals surface area contributed by atoms with Gasteiger partial charge in [0.15, 0.2) is 9.84 Å². The minimum Gasteiger partial charge on any atom is -0.398 e. The first-order valence-corrected chi connectivity index (χ1v) is 6.22. The Kier molecular flexibility index (Phi) is 3.16. The van der Waals surface area contributed by atoms with Crippen molar-refractivity contribution < 1.29 is 8.42 Å². The second-order valence-electron chi connectivity index (χ2n) is 3.31. The Morgan fingerprint density at radius 3 is 2.50 bits per heavy atom. The molecule has 3 nitrogen and oxygen atoms in total. The van der Waals surface area contributed by atoms with Crippen LogP contribution in [0.15, 0.2) is 23.1 Å². The number of benzene rings is 1. The molecule has 0 atom stereocenters. The van der Waals surface area contributed by atoms with Gasteiger partial charge in [0.2, 0.25) is 0 Å². The SMILES string of the molecule is CCCS(=O)(=O)c1c(C)cccc1N. The van der Waals surface area contributed by atoms with Crippen LogP contribution in [0, 0.1) is 6.92 Å². The lowest BCUT2D eigenvalue weighted by molar-refractivity contribution is 0.594. The third kappa shape index (κ3) is 2.07. The maximum atomic E-state index is 11.8. The normalized spacial score (nSPS) is 11.6. The number of anilines is 1. The van der Waals surface area contributed by atoms with Crippen molar-refractivity contribution in [1.29, 1.82) is 0 Å². The molecule has 1 aromatic carbocycles. The highest BCUT2D eigenvalue weighted by atomic mass is 32.2. The highest BCUT2D eigenvalue weighted by molar-refractivity contribution is 7.91. The fourth-order valence-electron chi connectivity index (χ4n) is 1.47. The van der Waals surface area contributed by atoms with Crippen LogP contribution in [0.5, 0.6) is 0 Å². The summed E-state index contributed by atoms with van der Waals surface area (Å²) in [7, 11) is -3.20. The molecule has 0 unspecified atom stereocenters. The van der Waals surface area contributed by atoms with Gasteiger partial charge in [-0.3, -0.25) is 0 Å². The van der Waals surface area contributed by atoms with E-state index in [0.29, 0.717) is 17.0 Å². The number of sulfone groups is 1. The van der Waals surface area contributed by atoms with E-state index in [0.717, 1.165) is 5.56 Å². The maximum Gasteiger partial charge on any atom is 0.180 e. The molecule has 0 fully saturated rings. The largest absolute Gasteiger partial charge is 0.398 e. The lowest BCUT2D eigenvalue weighted by Gasteiger charge is -2.09. The number of nitrogens with two attached hydrogens (primary N) is 1. The summed E-state index contributed by atoms with van der Waals surface area (Å²) in [5, 5.41) is 0. The topological polar surface area (TPSA) is 60.2 Å². The van der Waals surface area contributed by atoms with Crippen LogP contribution in [0.3, 0.4) is 0 Å². The molecule has 0 aliphatic rings. The van der Waals surface area contributed by atoms with Gasteiger partial charge in [-0.05, 0) is 25.0 Å². The van der Waals surface area contributed by atoms with E-state index in [2.05, 4.69) is 0 Å². The molecule has 14 heavy (non-hydrogen) atoms. The van der Waals surface area contributed by atoms with Crippen LogP contribution in [0.25, 0.3) is 0 Å². The van der Waals surface area contributed by atoms with E-state index in [9.17, 15) is 8.42 Å². The standard InChI is InChI=1S/C10H15NO2S/c1-3-7-14(12,13)10-8(2)5-4-6-9(10)11/h4-6H,3,7,11H2,1-2H3. The zero-order valence-corrected chi connectivity index (χ0v) is 9.26. The van der Waals surface area contributed by atoms with E-state index >= 15 is 0 Å². The second kappa shape index (κ2) is 4.00. The van der Waals surface area contributed by atoms with Crippen molar-refractivity contribution in [2.75, 3.05) is 11.5 Å². The monoisotopic (exact) mass is 213 g/mol. The summed E-state index contributed by atoms with van der Waals surface area (Å²) in [6, 6.07) is 5.14. The summed E-state index contributed by atoms with van der Waals surface area (Å²) in [4.78, 5) is 0.293. The lowest BCUT2D eigenvalue weighted by atomic mass is 10.2. The van der Waals surface area contributed by atoms with Crippen molar-refractivity contribution >= 4 is 15.5 Å². The van der Waals surface area contributed by atoms with Crippen LogP contribution in [-0.4, -0.2) is 14.2 Å². The quantitative estimate of drug-likeness (QED) is 0.778. The fourth-order valence-corrected chi connectivity index (χ4v) is 3.20. The summed E-state index contributed by atoms with van der Waals surface area (Å²) in [6.07, 6.45) is 0.607. The molecule has 0 aromatic heterocycles. The first-order chi connectivity index (χ1) is 6.49. The molecule has 4 heteroatoms. The minimum absolute atomic E-state index is 0.155. The zero-order chi connectivity index (χ0) is 10.8. The molecule has 0 aliphatic carbocycles. The van der Waals surface area contributed by atoms with Gasteiger partial charge in [-0.15, -0.1) is 0 Å². The summed E-state index contributed by atoms with van der Waals surface area (Å²) < 4.78 is 23.6. The molecular formula is C10H15NO2S. The van der Waals surface area contributed by atoms with Crippen LogP contribution in [-0.2, 0) is 9.84 Å². The molecule has 0 radical (unpaired) electrons. The van der Waals surface area contributed by atoms with Crippen LogP contribution in [0.1, 0.15) is 18.9 Å². The van der Waals surface area contributed by atoms with E-state index < -0.39 is 9.84 Å². The summed E-state index contributed by atoms with van der Waals surface area (Å²) in [5.74, 6) is 0.155. The Morgan fingerprint density at radius 1 is 1.36 bits per heavy atom. The Hall–Kier alpha value is -1.03. The van der Waals surface area contributed by atoms with Crippen LogP contribution in [0.2, 0.25) is 0 Å². The van der Waals surface area contributed by atoms with Crippen LogP contribution >= 0.6 is 0 Å². The Bertz CT molecular complexity index is 403. The second-order valence-corrected chi connectivity index (χ2v) is 5.36.